The number of aliphatic hydroxyl groups excluding tert-OH is 1. The maximum atomic E-state index is 12.9. The molecule has 9 nitrogen and oxygen atoms in total. The number of nitrogens with one attached hydrogen (secondary N) is 2. The van der Waals surface area contributed by atoms with Gasteiger partial charge in [-0.05, 0) is 64.2 Å². The van der Waals surface area contributed by atoms with Crippen molar-refractivity contribution in [1.82, 2.24) is 10.6 Å². The Balaban J connectivity index is 4.27. The van der Waals surface area contributed by atoms with E-state index in [0.29, 0.717) is 19.3 Å². The Morgan fingerprint density at radius 2 is 0.850 bits per heavy atom. The van der Waals surface area contributed by atoms with Gasteiger partial charge in [0.25, 0.3) is 0 Å². The Labute approximate surface area is 369 Å². The molecule has 352 valence electrons. The highest BCUT2D eigenvalue weighted by molar-refractivity contribution is 5.87. The molecule has 0 bridgehead atoms. The molecule has 2 unspecified atom stereocenters. The fourth-order valence-corrected chi connectivity index (χ4v) is 7.83. The van der Waals surface area contributed by atoms with Crippen LogP contribution in [0.25, 0.3) is 0 Å². The summed E-state index contributed by atoms with van der Waals surface area (Å²) in [5.41, 5.74) is 0. The lowest BCUT2D eigenvalue weighted by Crippen LogP contribution is -2.47. The maximum Gasteiger partial charge on any atom is 0.328 e. The first-order chi connectivity index (χ1) is 29.3. The number of aliphatic hydroxyl groups is 1. The number of carboxylic acids is 1. The van der Waals surface area contributed by atoms with Gasteiger partial charge in [0.15, 0.2) is 0 Å². The number of hydrogen-bond donors (Lipinski definition) is 4. The van der Waals surface area contributed by atoms with E-state index in [1.54, 1.807) is 0 Å². The molecule has 0 aromatic heterocycles. The Hall–Kier alpha value is -2.42. The second-order valence-electron chi connectivity index (χ2n) is 17.6. The highest BCUT2D eigenvalue weighted by Crippen LogP contribution is 2.19. The summed E-state index contributed by atoms with van der Waals surface area (Å²) >= 11 is 0. The van der Waals surface area contributed by atoms with Crippen LogP contribution in [0, 0.1) is 0 Å². The molecular weight excluding hydrogens is 753 g/mol. The Kier molecular flexibility index (Phi) is 44.2. The van der Waals surface area contributed by atoms with Gasteiger partial charge in [0.05, 0.1) is 13.2 Å². The van der Waals surface area contributed by atoms with E-state index in [1.165, 1.54) is 173 Å². The van der Waals surface area contributed by atoms with Crippen molar-refractivity contribution in [3.63, 3.8) is 0 Å². The van der Waals surface area contributed by atoms with Gasteiger partial charge in [0.1, 0.15) is 12.1 Å². The third kappa shape index (κ3) is 42.3. The summed E-state index contributed by atoms with van der Waals surface area (Å²) in [5.74, 6) is -2.27. The summed E-state index contributed by atoms with van der Waals surface area (Å²) in [6, 6.07) is -1.38. The van der Waals surface area contributed by atoms with Gasteiger partial charge < -0.3 is 25.6 Å². The number of aliphatic carboxylic acids is 1. The first-order valence-corrected chi connectivity index (χ1v) is 25.6. The Bertz CT molecular complexity index is 1020. The fourth-order valence-electron chi connectivity index (χ4n) is 7.83. The Morgan fingerprint density at radius 3 is 1.25 bits per heavy atom. The lowest BCUT2D eigenvalue weighted by Gasteiger charge is -2.18. The topological polar surface area (TPSA) is 142 Å². The van der Waals surface area contributed by atoms with Crippen LogP contribution in [0.4, 0.5) is 0 Å². The molecule has 0 heterocycles. The second-order valence-corrected chi connectivity index (χ2v) is 17.6. The summed E-state index contributed by atoms with van der Waals surface area (Å²) in [7, 11) is 0. The van der Waals surface area contributed by atoms with Crippen molar-refractivity contribution in [1.29, 1.82) is 0 Å². The average Bonchev–Trinajstić information content (AvgIpc) is 3.23. The molecule has 0 aliphatic rings. The number of allylic oxidation sites excluding steroid dienone is 2. The SMILES string of the molecule is CCCCCCCCC/C=C\CCCCCCCCCC(=O)OC(CCCCCCCCCCCCCCCC)CCCCCCCC(=O)NCC(=O)NC(CO)C(=O)O. The summed E-state index contributed by atoms with van der Waals surface area (Å²) in [6.45, 7) is 3.52. The molecule has 0 spiro atoms. The van der Waals surface area contributed by atoms with E-state index in [1.807, 2.05) is 0 Å². The number of carbonyl (C=O) groups is 4. The predicted molar refractivity (Wildman–Crippen MR) is 250 cm³/mol. The molecule has 0 fully saturated rings. The van der Waals surface area contributed by atoms with Gasteiger partial charge in [-0.3, -0.25) is 14.4 Å². The lowest BCUT2D eigenvalue weighted by atomic mass is 10.0. The molecule has 0 saturated heterocycles. The molecule has 0 radical (unpaired) electrons. The molecule has 0 rings (SSSR count). The standard InChI is InChI=1S/C51H96N2O7/c1-3-5-7-9-11-13-15-17-19-20-21-22-24-26-28-30-35-39-43-50(57)60-46(40-36-32-29-27-25-23-18-16-14-12-10-8-6-4-2)41-37-33-31-34-38-42-48(55)52-44-49(56)53-47(45-54)51(58)59/h19-20,46-47,54H,3-18,21-45H2,1-2H3,(H,52,55)(H,53,56)(H,58,59)/b20-19-. The number of amides is 2. The van der Waals surface area contributed by atoms with Gasteiger partial charge >= 0.3 is 11.9 Å². The first-order valence-electron chi connectivity index (χ1n) is 25.6. The van der Waals surface area contributed by atoms with Crippen LogP contribution in [0.15, 0.2) is 12.2 Å². The van der Waals surface area contributed by atoms with Crippen LogP contribution in [0.1, 0.15) is 264 Å². The van der Waals surface area contributed by atoms with Crippen molar-refractivity contribution in [3.8, 4) is 0 Å². The van der Waals surface area contributed by atoms with Crippen molar-refractivity contribution in [3.05, 3.63) is 12.2 Å². The van der Waals surface area contributed by atoms with E-state index in [4.69, 9.17) is 14.9 Å². The number of carbonyl (C=O) groups excluding carboxylic acids is 3. The molecule has 9 heteroatoms. The molecule has 0 aliphatic carbocycles. The van der Waals surface area contributed by atoms with Gasteiger partial charge in [-0.25, -0.2) is 4.79 Å². The zero-order valence-electron chi connectivity index (χ0n) is 39.2. The van der Waals surface area contributed by atoms with Gasteiger partial charge in [0, 0.05) is 12.8 Å². The van der Waals surface area contributed by atoms with Crippen LogP contribution in [0.2, 0.25) is 0 Å². The van der Waals surface area contributed by atoms with Gasteiger partial charge in [-0.1, -0.05) is 199 Å². The van der Waals surface area contributed by atoms with E-state index in [0.717, 1.165) is 57.8 Å². The molecule has 0 aromatic carbocycles. The maximum absolute atomic E-state index is 12.9. The van der Waals surface area contributed by atoms with E-state index >= 15 is 0 Å². The number of hydrogen-bond acceptors (Lipinski definition) is 6. The highest BCUT2D eigenvalue weighted by atomic mass is 16.5. The summed E-state index contributed by atoms with van der Waals surface area (Å²) < 4.78 is 6.07. The van der Waals surface area contributed by atoms with Crippen molar-refractivity contribution in [2.45, 2.75) is 276 Å². The van der Waals surface area contributed by atoms with Crippen molar-refractivity contribution < 1.29 is 34.1 Å². The third-order valence-electron chi connectivity index (χ3n) is 11.8. The molecule has 4 N–H and O–H groups in total. The first kappa shape index (κ1) is 57.6. The molecule has 2 atom stereocenters. The minimum atomic E-state index is -1.38. The van der Waals surface area contributed by atoms with E-state index < -0.39 is 24.5 Å². The second kappa shape index (κ2) is 46.1. The molecule has 2 amide bonds. The Morgan fingerprint density at radius 1 is 0.483 bits per heavy atom. The monoisotopic (exact) mass is 849 g/mol. The zero-order valence-corrected chi connectivity index (χ0v) is 39.2. The smallest absolute Gasteiger partial charge is 0.328 e. The molecule has 0 saturated carbocycles. The molecule has 0 aromatic rings. The van der Waals surface area contributed by atoms with E-state index in [2.05, 4.69) is 36.6 Å². The largest absolute Gasteiger partial charge is 0.480 e. The number of carboxylic acid groups (broad SMARTS) is 1. The number of unbranched alkanes of at least 4 members (excludes halogenated alkanes) is 31. The van der Waals surface area contributed by atoms with Crippen LogP contribution >= 0.6 is 0 Å². The molecular formula is C51H96N2O7. The summed E-state index contributed by atoms with van der Waals surface area (Å²) in [5, 5.41) is 22.6. The fraction of sp³-hybridized carbons (Fsp3) is 0.882. The number of rotatable bonds is 47. The highest BCUT2D eigenvalue weighted by Gasteiger charge is 2.19. The predicted octanol–water partition coefficient (Wildman–Crippen LogP) is 13.4. The van der Waals surface area contributed by atoms with Crippen molar-refractivity contribution in [2.75, 3.05) is 13.2 Å². The molecule has 0 aliphatic heterocycles. The molecule has 60 heavy (non-hydrogen) atoms. The summed E-state index contributed by atoms with van der Waals surface area (Å²) in [4.78, 5) is 47.8. The number of esters is 1. The van der Waals surface area contributed by atoms with Gasteiger partial charge in [-0.15, -0.1) is 0 Å². The van der Waals surface area contributed by atoms with Crippen LogP contribution in [0.5, 0.6) is 0 Å². The zero-order chi connectivity index (χ0) is 44.0. The van der Waals surface area contributed by atoms with Crippen LogP contribution in [0.3, 0.4) is 0 Å². The lowest BCUT2D eigenvalue weighted by molar-refractivity contribution is -0.150. The van der Waals surface area contributed by atoms with Crippen LogP contribution in [-0.2, 0) is 23.9 Å². The van der Waals surface area contributed by atoms with Crippen molar-refractivity contribution in [2.24, 2.45) is 0 Å². The minimum Gasteiger partial charge on any atom is -0.480 e. The normalized spacial score (nSPS) is 12.4. The van der Waals surface area contributed by atoms with Crippen LogP contribution in [-0.4, -0.2) is 59.3 Å². The van der Waals surface area contributed by atoms with Gasteiger partial charge in [-0.2, -0.15) is 0 Å². The summed E-state index contributed by atoms with van der Waals surface area (Å²) in [6.07, 6.45) is 51.0. The van der Waals surface area contributed by atoms with Crippen LogP contribution < -0.4 is 10.6 Å². The minimum absolute atomic E-state index is 0.0112. The third-order valence-corrected chi connectivity index (χ3v) is 11.8. The van der Waals surface area contributed by atoms with Crippen molar-refractivity contribution >= 4 is 23.8 Å². The quantitative estimate of drug-likeness (QED) is 0.0271. The average molecular weight is 849 g/mol. The van der Waals surface area contributed by atoms with E-state index in [-0.39, 0.29) is 24.5 Å². The van der Waals surface area contributed by atoms with Gasteiger partial charge in [0.2, 0.25) is 11.8 Å². The number of ether oxygens (including phenoxy) is 1. The van der Waals surface area contributed by atoms with E-state index in [9.17, 15) is 19.2 Å².